The zero-order valence-electron chi connectivity index (χ0n) is 20.8. The first kappa shape index (κ1) is 26.7. The van der Waals surface area contributed by atoms with Gasteiger partial charge in [-0.1, -0.05) is 36.4 Å². The zero-order valence-corrected chi connectivity index (χ0v) is 20.8. The highest BCUT2D eigenvalue weighted by atomic mass is 19.4. The summed E-state index contributed by atoms with van der Waals surface area (Å²) in [5, 5.41) is 0. The second kappa shape index (κ2) is 11.3. The number of likely N-dealkylation sites (tertiary alicyclic amines) is 1. The molecule has 0 aromatic heterocycles. The highest BCUT2D eigenvalue weighted by molar-refractivity contribution is 5.73. The Hall–Kier alpha value is -3.39. The first-order chi connectivity index (χ1) is 17.6. The summed E-state index contributed by atoms with van der Waals surface area (Å²) in [6.45, 7) is 4.32. The lowest BCUT2D eigenvalue weighted by atomic mass is 9.88. The molecule has 2 atom stereocenters. The number of rotatable bonds is 8. The summed E-state index contributed by atoms with van der Waals surface area (Å²) in [4.78, 5) is 16.5. The van der Waals surface area contributed by atoms with Crippen LogP contribution in [0, 0.1) is 11.7 Å². The van der Waals surface area contributed by atoms with Gasteiger partial charge >= 0.3 is 6.18 Å². The Morgan fingerprint density at radius 3 is 2.14 bits per heavy atom. The van der Waals surface area contributed by atoms with Gasteiger partial charge in [0.1, 0.15) is 11.6 Å². The number of hydrogen-bond donors (Lipinski definition) is 0. The summed E-state index contributed by atoms with van der Waals surface area (Å²) >= 11 is 0. The van der Waals surface area contributed by atoms with Crippen molar-refractivity contribution in [1.29, 1.82) is 0 Å². The van der Waals surface area contributed by atoms with Crippen molar-refractivity contribution in [3.8, 4) is 5.75 Å². The molecule has 0 N–H and O–H groups in total. The van der Waals surface area contributed by atoms with Crippen LogP contribution in [0.15, 0.2) is 72.8 Å². The Bertz CT molecular complexity index is 1180. The molecule has 0 bridgehead atoms. The second-order valence-electron chi connectivity index (χ2n) is 9.55. The number of benzene rings is 3. The average Bonchev–Trinajstić information content (AvgIpc) is 3.26. The average molecular weight is 515 g/mol. The largest absolute Gasteiger partial charge is 0.497 e. The lowest BCUT2D eigenvalue weighted by molar-refractivity contribution is -0.137. The van der Waals surface area contributed by atoms with Crippen molar-refractivity contribution in [2.75, 3.05) is 26.7 Å². The molecule has 4 rings (SSSR count). The zero-order chi connectivity index (χ0) is 26.6. The van der Waals surface area contributed by atoms with Crippen molar-refractivity contribution >= 4 is 5.91 Å². The molecule has 1 heterocycles. The Kier molecular flexibility index (Phi) is 8.17. The van der Waals surface area contributed by atoms with E-state index in [4.69, 9.17) is 4.74 Å². The van der Waals surface area contributed by atoms with Gasteiger partial charge in [-0.05, 0) is 59.0 Å². The summed E-state index contributed by atoms with van der Waals surface area (Å²) in [7, 11) is 1.61. The molecule has 4 nitrogen and oxygen atoms in total. The molecule has 1 aliphatic rings. The van der Waals surface area contributed by atoms with Gasteiger partial charge in [0.25, 0.3) is 0 Å². The lowest BCUT2D eigenvalue weighted by Gasteiger charge is -2.28. The molecule has 1 saturated heterocycles. The smallest absolute Gasteiger partial charge is 0.416 e. The van der Waals surface area contributed by atoms with Crippen LogP contribution in [0.1, 0.15) is 35.1 Å². The second-order valence-corrected chi connectivity index (χ2v) is 9.55. The number of halogens is 4. The normalized spacial score (nSPS) is 18.1. The minimum atomic E-state index is -4.36. The predicted molar refractivity (Wildman–Crippen MR) is 133 cm³/mol. The molecule has 1 fully saturated rings. The van der Waals surface area contributed by atoms with Gasteiger partial charge in [0, 0.05) is 45.6 Å². The number of alkyl halides is 3. The van der Waals surface area contributed by atoms with Crippen LogP contribution in [0.2, 0.25) is 0 Å². The van der Waals surface area contributed by atoms with Crippen LogP contribution in [0.4, 0.5) is 17.6 Å². The summed E-state index contributed by atoms with van der Waals surface area (Å²) in [5.74, 6) is 0.579. The molecule has 3 aromatic rings. The van der Waals surface area contributed by atoms with Gasteiger partial charge in [0.15, 0.2) is 0 Å². The summed E-state index contributed by atoms with van der Waals surface area (Å²) in [6, 6.07) is 19.3. The van der Waals surface area contributed by atoms with E-state index in [1.54, 1.807) is 24.1 Å². The maximum absolute atomic E-state index is 13.4. The maximum Gasteiger partial charge on any atom is 0.416 e. The van der Waals surface area contributed by atoms with Crippen LogP contribution in [0.5, 0.6) is 5.75 Å². The lowest BCUT2D eigenvalue weighted by Crippen LogP contribution is -2.35. The van der Waals surface area contributed by atoms with Crippen molar-refractivity contribution in [3.63, 3.8) is 0 Å². The van der Waals surface area contributed by atoms with Gasteiger partial charge in [-0.2, -0.15) is 13.2 Å². The van der Waals surface area contributed by atoms with Crippen LogP contribution in [0.25, 0.3) is 0 Å². The van der Waals surface area contributed by atoms with Crippen LogP contribution >= 0.6 is 0 Å². The molecule has 196 valence electrons. The number of hydrogen-bond acceptors (Lipinski definition) is 3. The van der Waals surface area contributed by atoms with E-state index in [-0.39, 0.29) is 23.6 Å². The van der Waals surface area contributed by atoms with E-state index in [0.29, 0.717) is 32.7 Å². The Balaban J connectivity index is 1.53. The number of carbonyl (C=O) groups is 1. The fourth-order valence-electron chi connectivity index (χ4n) is 4.96. The fourth-order valence-corrected chi connectivity index (χ4v) is 4.96. The highest BCUT2D eigenvalue weighted by Gasteiger charge is 2.36. The highest BCUT2D eigenvalue weighted by Crippen LogP contribution is 2.36. The molecule has 1 amide bonds. The molecule has 8 heteroatoms. The van der Waals surface area contributed by atoms with Crippen molar-refractivity contribution in [2.45, 2.75) is 32.1 Å². The van der Waals surface area contributed by atoms with Gasteiger partial charge in [-0.3, -0.25) is 9.69 Å². The minimum Gasteiger partial charge on any atom is -0.497 e. The molecular weight excluding hydrogens is 484 g/mol. The molecule has 0 radical (unpaired) electrons. The molecular formula is C29H30F4N2O2. The van der Waals surface area contributed by atoms with Gasteiger partial charge in [0.2, 0.25) is 5.91 Å². The Morgan fingerprint density at radius 2 is 1.57 bits per heavy atom. The summed E-state index contributed by atoms with van der Waals surface area (Å²) in [5.41, 5.74) is 2.10. The topological polar surface area (TPSA) is 32.8 Å². The van der Waals surface area contributed by atoms with Gasteiger partial charge < -0.3 is 9.64 Å². The molecule has 1 aliphatic heterocycles. The first-order valence-electron chi connectivity index (χ1n) is 12.1. The summed E-state index contributed by atoms with van der Waals surface area (Å²) in [6.07, 6.45) is -4.36. The van der Waals surface area contributed by atoms with Crippen LogP contribution in [0.3, 0.4) is 0 Å². The first-order valence-corrected chi connectivity index (χ1v) is 12.1. The van der Waals surface area contributed by atoms with Gasteiger partial charge in [-0.25, -0.2) is 4.39 Å². The quantitative estimate of drug-likeness (QED) is 0.340. The SMILES string of the molecule is COc1ccc([C@@H]2CN(Cc3ccc(C(F)(F)F)cc3)C[C@H]2CN(Cc2ccc(F)cc2)C(C)=O)cc1. The van der Waals surface area contributed by atoms with Gasteiger partial charge in [-0.15, -0.1) is 0 Å². The van der Waals surface area contributed by atoms with E-state index in [9.17, 15) is 22.4 Å². The maximum atomic E-state index is 13.4. The van der Waals surface area contributed by atoms with E-state index >= 15 is 0 Å². The van der Waals surface area contributed by atoms with Crippen molar-refractivity contribution in [2.24, 2.45) is 5.92 Å². The van der Waals surface area contributed by atoms with Crippen LogP contribution in [-0.4, -0.2) is 42.5 Å². The van der Waals surface area contributed by atoms with E-state index in [0.717, 1.165) is 34.6 Å². The van der Waals surface area contributed by atoms with E-state index in [1.807, 2.05) is 24.3 Å². The molecule has 37 heavy (non-hydrogen) atoms. The van der Waals surface area contributed by atoms with Crippen LogP contribution in [-0.2, 0) is 24.1 Å². The van der Waals surface area contributed by atoms with Crippen molar-refractivity contribution in [3.05, 3.63) is 101 Å². The fraction of sp³-hybridized carbons (Fsp3) is 0.345. The minimum absolute atomic E-state index is 0.0704. The predicted octanol–water partition coefficient (Wildman–Crippen LogP) is 6.12. The third-order valence-corrected chi connectivity index (χ3v) is 6.93. The van der Waals surface area contributed by atoms with E-state index in [1.165, 1.54) is 31.2 Å². The number of methoxy groups -OCH3 is 1. The monoisotopic (exact) mass is 514 g/mol. The number of carbonyl (C=O) groups excluding carboxylic acids is 1. The summed E-state index contributed by atoms with van der Waals surface area (Å²) < 4.78 is 57.5. The van der Waals surface area contributed by atoms with E-state index in [2.05, 4.69) is 4.90 Å². The van der Waals surface area contributed by atoms with Crippen molar-refractivity contribution in [1.82, 2.24) is 9.80 Å². The third kappa shape index (κ3) is 6.89. The molecule has 0 unspecified atom stereocenters. The van der Waals surface area contributed by atoms with Crippen LogP contribution < -0.4 is 4.74 Å². The van der Waals surface area contributed by atoms with Crippen molar-refractivity contribution < 1.29 is 27.1 Å². The van der Waals surface area contributed by atoms with Gasteiger partial charge in [0.05, 0.1) is 12.7 Å². The number of nitrogens with zero attached hydrogens (tertiary/aromatic N) is 2. The number of amides is 1. The molecule has 0 spiro atoms. The molecule has 0 saturated carbocycles. The third-order valence-electron chi connectivity index (χ3n) is 6.93. The Labute approximate surface area is 214 Å². The Morgan fingerprint density at radius 1 is 0.946 bits per heavy atom. The standard InChI is InChI=1S/C29H30F4N2O2/c1-20(36)35(16-22-5-11-26(30)12-6-22)18-24-17-34(15-21-3-9-25(10-4-21)29(31,32)33)19-28(24)23-7-13-27(37-2)14-8-23/h3-14,24,28H,15-19H2,1-2H3/t24-,28-/m0/s1. The molecule has 3 aromatic carbocycles. The number of ether oxygens (including phenoxy) is 1. The van der Waals surface area contributed by atoms with E-state index < -0.39 is 11.7 Å². The molecule has 0 aliphatic carbocycles.